The molecule has 4 rings (SSSR count). The normalized spacial score (nSPS) is 19.1. The second kappa shape index (κ2) is 3.54. The molecule has 0 saturated heterocycles. The zero-order chi connectivity index (χ0) is 12.1. The van der Waals surface area contributed by atoms with Gasteiger partial charge in [0.15, 0.2) is 0 Å². The molecule has 2 fully saturated rings. The number of hydrogen-bond acceptors (Lipinski definition) is 3. The molecule has 5 nitrogen and oxygen atoms in total. The number of ketones is 1. The first-order valence-electron chi connectivity index (χ1n) is 6.43. The minimum atomic E-state index is 0.0452. The molecule has 2 aliphatic carbocycles. The smallest absolute Gasteiger partial charge is 0.228 e. The summed E-state index contributed by atoms with van der Waals surface area (Å²) in [5.74, 6) is 0.0452. The van der Waals surface area contributed by atoms with E-state index in [-0.39, 0.29) is 5.78 Å². The number of carbonyl (C=O) groups excluding carboxylic acids is 1. The van der Waals surface area contributed by atoms with Crippen LogP contribution in [0, 0.1) is 0 Å². The van der Waals surface area contributed by atoms with Crippen molar-refractivity contribution in [2.75, 3.05) is 0 Å². The van der Waals surface area contributed by atoms with Crippen LogP contribution in [0.15, 0.2) is 25.0 Å². The lowest BCUT2D eigenvalue weighted by Crippen LogP contribution is -2.13. The lowest BCUT2D eigenvalue weighted by atomic mass is 10.2. The van der Waals surface area contributed by atoms with Gasteiger partial charge in [0, 0.05) is 12.1 Å². The Morgan fingerprint density at radius 3 is 1.78 bits per heavy atom. The van der Waals surface area contributed by atoms with Crippen molar-refractivity contribution in [3.8, 4) is 0 Å². The monoisotopic (exact) mass is 242 g/mol. The fraction of sp³-hybridized carbons (Fsp3) is 0.462. The standard InChI is InChI=1S/C13H14N4O/c18-13(11-5-14-7-16(11)9-1-2-9)12-6-15-8-17(12)10-3-4-10/h5-10H,1-4H2. The van der Waals surface area contributed by atoms with E-state index in [1.165, 1.54) is 0 Å². The molecule has 5 heteroatoms. The van der Waals surface area contributed by atoms with Gasteiger partial charge in [-0.25, -0.2) is 9.97 Å². The Kier molecular flexibility index (Phi) is 1.98. The third kappa shape index (κ3) is 1.50. The molecule has 2 aromatic rings. The zero-order valence-electron chi connectivity index (χ0n) is 9.99. The second-order valence-electron chi connectivity index (χ2n) is 5.16. The molecular formula is C13H14N4O. The summed E-state index contributed by atoms with van der Waals surface area (Å²) in [7, 11) is 0. The molecule has 0 aliphatic heterocycles. The molecule has 0 bridgehead atoms. The van der Waals surface area contributed by atoms with E-state index < -0.39 is 0 Å². The SMILES string of the molecule is O=C(c1cncn1C1CC1)c1cncn1C1CC1. The van der Waals surface area contributed by atoms with Crippen molar-refractivity contribution in [1.82, 2.24) is 19.1 Å². The summed E-state index contributed by atoms with van der Waals surface area (Å²) >= 11 is 0. The first-order valence-corrected chi connectivity index (χ1v) is 6.43. The van der Waals surface area contributed by atoms with Crippen molar-refractivity contribution in [2.45, 2.75) is 37.8 Å². The Hall–Kier alpha value is -1.91. The van der Waals surface area contributed by atoms with E-state index in [0.29, 0.717) is 23.5 Å². The van der Waals surface area contributed by atoms with Crippen molar-refractivity contribution < 1.29 is 4.79 Å². The van der Waals surface area contributed by atoms with Gasteiger partial charge in [0.05, 0.1) is 25.0 Å². The minimum Gasteiger partial charge on any atom is -0.325 e. The summed E-state index contributed by atoms with van der Waals surface area (Å²) in [6.07, 6.45) is 11.5. The third-order valence-corrected chi connectivity index (χ3v) is 3.68. The van der Waals surface area contributed by atoms with Gasteiger partial charge in [-0.3, -0.25) is 4.79 Å². The molecule has 0 unspecified atom stereocenters. The summed E-state index contributed by atoms with van der Waals surface area (Å²) in [6, 6.07) is 0.951. The predicted molar refractivity (Wildman–Crippen MR) is 64.4 cm³/mol. The fourth-order valence-corrected chi connectivity index (χ4v) is 2.38. The maximum absolute atomic E-state index is 12.6. The van der Waals surface area contributed by atoms with Crippen molar-refractivity contribution >= 4 is 5.78 Å². The van der Waals surface area contributed by atoms with Crippen LogP contribution in [0.25, 0.3) is 0 Å². The molecular weight excluding hydrogens is 228 g/mol. The second-order valence-corrected chi connectivity index (χ2v) is 5.16. The molecule has 92 valence electrons. The summed E-state index contributed by atoms with van der Waals surface area (Å²) < 4.78 is 4.01. The summed E-state index contributed by atoms with van der Waals surface area (Å²) in [4.78, 5) is 20.8. The van der Waals surface area contributed by atoms with Crippen LogP contribution < -0.4 is 0 Å². The van der Waals surface area contributed by atoms with Crippen molar-refractivity contribution in [3.05, 3.63) is 36.4 Å². The molecule has 0 atom stereocenters. The molecule has 2 saturated carbocycles. The van der Waals surface area contributed by atoms with E-state index in [2.05, 4.69) is 9.97 Å². The summed E-state index contributed by atoms with van der Waals surface area (Å²) in [5.41, 5.74) is 1.39. The van der Waals surface area contributed by atoms with Gasteiger partial charge >= 0.3 is 0 Å². The third-order valence-electron chi connectivity index (χ3n) is 3.68. The molecule has 0 spiro atoms. The van der Waals surface area contributed by atoms with E-state index in [0.717, 1.165) is 25.7 Å². The number of imidazole rings is 2. The first kappa shape index (κ1) is 10.1. The van der Waals surface area contributed by atoms with Crippen LogP contribution >= 0.6 is 0 Å². The quantitative estimate of drug-likeness (QED) is 0.770. The largest absolute Gasteiger partial charge is 0.325 e. The van der Waals surface area contributed by atoms with Crippen molar-refractivity contribution in [3.63, 3.8) is 0 Å². The Morgan fingerprint density at radius 1 is 0.944 bits per heavy atom. The van der Waals surface area contributed by atoms with Gasteiger partial charge in [0.2, 0.25) is 5.78 Å². The number of aromatic nitrogens is 4. The van der Waals surface area contributed by atoms with Crippen LogP contribution in [-0.4, -0.2) is 24.9 Å². The van der Waals surface area contributed by atoms with E-state index in [1.807, 2.05) is 9.13 Å². The highest BCUT2D eigenvalue weighted by Gasteiger charge is 2.31. The topological polar surface area (TPSA) is 52.7 Å². The van der Waals surface area contributed by atoms with Crippen LogP contribution in [-0.2, 0) is 0 Å². The summed E-state index contributed by atoms with van der Waals surface area (Å²) in [6.45, 7) is 0. The van der Waals surface area contributed by atoms with E-state index in [4.69, 9.17) is 0 Å². The van der Waals surface area contributed by atoms with Gasteiger partial charge in [-0.05, 0) is 25.7 Å². The van der Waals surface area contributed by atoms with Crippen LogP contribution in [0.5, 0.6) is 0 Å². The highest BCUT2D eigenvalue weighted by Crippen LogP contribution is 2.38. The lowest BCUT2D eigenvalue weighted by Gasteiger charge is -2.07. The maximum Gasteiger partial charge on any atom is 0.228 e. The maximum atomic E-state index is 12.6. The minimum absolute atomic E-state index is 0.0452. The van der Waals surface area contributed by atoms with E-state index in [9.17, 15) is 4.79 Å². The number of rotatable bonds is 4. The molecule has 2 aliphatic rings. The molecule has 0 radical (unpaired) electrons. The van der Waals surface area contributed by atoms with Gasteiger partial charge in [0.25, 0.3) is 0 Å². The zero-order valence-corrected chi connectivity index (χ0v) is 9.99. The average Bonchev–Trinajstić information content (AvgIpc) is 3.32. The predicted octanol–water partition coefficient (Wildman–Crippen LogP) is 1.98. The lowest BCUT2D eigenvalue weighted by molar-refractivity contribution is 0.102. The van der Waals surface area contributed by atoms with E-state index in [1.54, 1.807) is 25.0 Å². The van der Waals surface area contributed by atoms with Crippen molar-refractivity contribution in [1.29, 1.82) is 0 Å². The highest BCUT2D eigenvalue weighted by molar-refractivity contribution is 6.06. The van der Waals surface area contributed by atoms with E-state index >= 15 is 0 Å². The summed E-state index contributed by atoms with van der Waals surface area (Å²) in [5, 5.41) is 0. The van der Waals surface area contributed by atoms with Gasteiger partial charge < -0.3 is 9.13 Å². The highest BCUT2D eigenvalue weighted by atomic mass is 16.1. The first-order chi connectivity index (χ1) is 8.84. The van der Waals surface area contributed by atoms with Crippen LogP contribution in [0.1, 0.15) is 53.9 Å². The van der Waals surface area contributed by atoms with Crippen LogP contribution in [0.3, 0.4) is 0 Å². The molecule has 0 amide bonds. The molecule has 0 aromatic carbocycles. The van der Waals surface area contributed by atoms with Gasteiger partial charge in [-0.2, -0.15) is 0 Å². The molecule has 18 heavy (non-hydrogen) atoms. The van der Waals surface area contributed by atoms with Crippen LogP contribution in [0.4, 0.5) is 0 Å². The van der Waals surface area contributed by atoms with Gasteiger partial charge in [-0.15, -0.1) is 0 Å². The fourth-order valence-electron chi connectivity index (χ4n) is 2.38. The Morgan fingerprint density at radius 2 is 1.39 bits per heavy atom. The van der Waals surface area contributed by atoms with Crippen LogP contribution in [0.2, 0.25) is 0 Å². The average molecular weight is 242 g/mol. The van der Waals surface area contributed by atoms with Gasteiger partial charge in [-0.1, -0.05) is 0 Å². The van der Waals surface area contributed by atoms with Gasteiger partial charge in [0.1, 0.15) is 11.4 Å². The number of hydrogen-bond donors (Lipinski definition) is 0. The molecule has 2 aromatic heterocycles. The Bertz CT molecular complexity index is 552. The van der Waals surface area contributed by atoms with Crippen molar-refractivity contribution in [2.24, 2.45) is 0 Å². The molecule has 0 N–H and O–H groups in total. The Labute approximate surface area is 104 Å². The molecule has 2 heterocycles. The Balaban J connectivity index is 1.72. The number of nitrogens with zero attached hydrogens (tertiary/aromatic N) is 4. The number of carbonyl (C=O) groups is 1.